The predicted octanol–water partition coefficient (Wildman–Crippen LogP) is 23.5. The molecule has 0 N–H and O–H groups in total. The highest BCUT2D eigenvalue weighted by Gasteiger charge is 2.39. The first-order valence-corrected chi connectivity index (χ1v) is 34.5. The lowest BCUT2D eigenvalue weighted by molar-refractivity contribution is 0.0559. The Bertz CT molecular complexity index is 6980. The normalized spacial score (nSPS) is 15.0. The Morgan fingerprint density at radius 1 is 0.188 bits per heavy atom. The van der Waals surface area contributed by atoms with Crippen LogP contribution in [0.5, 0.6) is 0 Å². The lowest BCUT2D eigenvalue weighted by atomic mass is 9.79. The van der Waals surface area contributed by atoms with Crippen LogP contribution in [-0.4, -0.2) is 43.5 Å². The summed E-state index contributed by atoms with van der Waals surface area (Å²) in [5.74, 6) is -0.921. The van der Waals surface area contributed by atoms with Gasteiger partial charge in [-0.25, -0.2) is 0 Å². The Balaban J connectivity index is 0.693. The number of amides is 4. The lowest BCUT2D eigenvalue weighted by Crippen LogP contribution is -2.44. The second kappa shape index (κ2) is 16.0. The van der Waals surface area contributed by atoms with Gasteiger partial charge in [-0.2, -0.15) is 0 Å². The monoisotopic (exact) mass is 1330 g/mol. The Morgan fingerprint density at radius 3 is 0.427 bits per heavy atom. The van der Waals surface area contributed by atoms with E-state index in [2.05, 4.69) is 192 Å². The van der Waals surface area contributed by atoms with Gasteiger partial charge in [-0.3, -0.25) is 29.0 Å². The maximum atomic E-state index is 14.0. The molecule has 2 aliphatic heterocycles. The summed E-state index contributed by atoms with van der Waals surface area (Å²) in [6.07, 6.45) is 0. The fraction of sp³-hybridized carbons (Fsp3) is 0.0562. The SMILES string of the molecule is CC(C)N1C(=O)c2ccc3c4ccc5c6ccc7c8ccc9c%10ccc%11c%12ccc%13c%14ccc%15c%16ccc%17c%18c(ccc(c%19ccc(c%20ccc(c%21ccc(c%22ccc(c%23ccc(c%24ccc(c%25ccc(c2c3%25)C1=O)c4c5%24)c6c7%23)c8c9%22)c%10c%11%21)c%12c%13%20)c%14c%15%19)c%18%16)C(=O)N(C(C)I)C%17=O. The zero-order valence-electron chi connectivity index (χ0n) is 51.5. The van der Waals surface area contributed by atoms with E-state index in [4.69, 9.17) is 0 Å². The molecule has 96 heavy (non-hydrogen) atoms. The summed E-state index contributed by atoms with van der Waals surface area (Å²) in [6.45, 7) is 5.69. The lowest BCUT2D eigenvalue weighted by Gasteiger charge is -2.31. The molecule has 0 aliphatic carbocycles. The molecule has 0 spiro atoms. The van der Waals surface area contributed by atoms with Crippen LogP contribution in [0.4, 0.5) is 0 Å². The van der Waals surface area contributed by atoms with Gasteiger partial charge in [0.15, 0.2) is 0 Å². The first-order chi connectivity index (χ1) is 47.0. The minimum Gasteiger partial charge on any atom is -0.272 e. The fourth-order valence-electron chi connectivity index (χ4n) is 20.5. The number of carbonyl (C=O) groups excluding carboxylic acids is 4. The summed E-state index contributed by atoms with van der Waals surface area (Å²) in [6, 6.07) is 72.8. The first kappa shape index (κ1) is 50.1. The largest absolute Gasteiger partial charge is 0.272 e. The number of carbonyl (C=O) groups is 4. The van der Waals surface area contributed by atoms with Gasteiger partial charge in [0.2, 0.25) is 0 Å². The highest BCUT2D eigenvalue weighted by Crippen LogP contribution is 2.57. The number of nitrogens with zero attached hydrogens (tertiary/aromatic N) is 2. The maximum Gasteiger partial charge on any atom is 0.262 e. The molecule has 440 valence electrons. The van der Waals surface area contributed by atoms with Crippen LogP contribution in [-0.2, 0) is 0 Å². The van der Waals surface area contributed by atoms with Gasteiger partial charge in [0, 0.05) is 39.1 Å². The molecule has 0 fully saturated rings. The molecule has 4 amide bonds. The van der Waals surface area contributed by atoms with Crippen LogP contribution < -0.4 is 0 Å². The van der Waals surface area contributed by atoms with Gasteiger partial charge in [0.05, 0.1) is 4.05 Å². The fourth-order valence-corrected chi connectivity index (χ4v) is 21.0. The molecule has 0 aromatic heterocycles. The van der Waals surface area contributed by atoms with Crippen LogP contribution >= 0.6 is 22.6 Å². The van der Waals surface area contributed by atoms with E-state index in [1.165, 1.54) is 182 Å². The second-order valence-electron chi connectivity index (χ2n) is 28.2. The molecule has 0 saturated carbocycles. The smallest absolute Gasteiger partial charge is 0.262 e. The van der Waals surface area contributed by atoms with E-state index in [-0.39, 0.29) is 33.7 Å². The zero-order valence-corrected chi connectivity index (χ0v) is 53.7. The van der Waals surface area contributed by atoms with E-state index >= 15 is 0 Å². The molecule has 0 radical (unpaired) electrons. The van der Waals surface area contributed by atoms with Crippen molar-refractivity contribution >= 4 is 283 Å². The van der Waals surface area contributed by atoms with Crippen molar-refractivity contribution < 1.29 is 19.2 Å². The van der Waals surface area contributed by atoms with Crippen LogP contribution in [0.1, 0.15) is 62.2 Å². The van der Waals surface area contributed by atoms with Gasteiger partial charge in [0.1, 0.15) is 0 Å². The number of rotatable bonds is 2. The zero-order chi connectivity index (χ0) is 63.0. The maximum absolute atomic E-state index is 14.0. The van der Waals surface area contributed by atoms with Crippen LogP contribution in [0.25, 0.3) is 237 Å². The summed E-state index contributed by atoms with van der Waals surface area (Å²) < 4.78 is -0.279. The molecule has 23 aromatic rings. The number of hydrogen-bond acceptors (Lipinski definition) is 4. The third-order valence-corrected chi connectivity index (χ3v) is 24.6. The second-order valence-corrected chi connectivity index (χ2v) is 30.0. The number of hydrogen-bond donors (Lipinski definition) is 0. The Hall–Kier alpha value is -11.4. The number of alkyl halides is 1. The summed E-state index contributed by atoms with van der Waals surface area (Å²) in [5, 5.41) is 52.8. The molecule has 1 unspecified atom stereocenters. The van der Waals surface area contributed by atoms with Gasteiger partial charge in [-0.1, -0.05) is 192 Å². The van der Waals surface area contributed by atoms with E-state index < -0.39 is 0 Å². The molecule has 7 heteroatoms. The quantitative estimate of drug-likeness (QED) is 0.0432. The van der Waals surface area contributed by atoms with Crippen LogP contribution in [0.2, 0.25) is 0 Å². The van der Waals surface area contributed by atoms with Crippen LogP contribution in [0, 0.1) is 0 Å². The standard InChI is InChI=1S/C89H43IN2O4/c1-36(2)91-86(93)66-32-28-62-58-24-20-54-50-16-12-46-42-8-4-38-40-6-10-44-48-14-18-52-56-22-26-60-64-30-34-68-85-69(89(96)92(37(3)90)88(68)95)35-31-65(83(64)85)61-27-23-57(79(56)81(60)61)53-19-15-49(75(48)77(52)53)45-11-7-41(71(40)73(44)45)39-5-9-43(72(42)70(38)39)47-13-17-51(76(50)74(46)47)55-21-25-59(80(58)78(54)55)63-29-33-67(87(91)94)84(66)82(62)63/h4-37H,1-3H3. The molecule has 2 heterocycles. The third-order valence-electron chi connectivity index (χ3n) is 24.0. The van der Waals surface area contributed by atoms with E-state index in [0.29, 0.717) is 22.3 Å². The van der Waals surface area contributed by atoms with Crippen molar-refractivity contribution in [1.29, 1.82) is 0 Å². The Labute approximate surface area is 555 Å². The number of halogens is 1. The first-order valence-electron chi connectivity index (χ1n) is 33.2. The molecule has 2 aliphatic rings. The molecular weight excluding hydrogens is 1290 g/mol. The topological polar surface area (TPSA) is 74.8 Å². The molecule has 0 bridgehead atoms. The van der Waals surface area contributed by atoms with Gasteiger partial charge < -0.3 is 0 Å². The minimum absolute atomic E-state index is 0.226. The van der Waals surface area contributed by atoms with Gasteiger partial charge in [-0.05, 0) is 271 Å². The van der Waals surface area contributed by atoms with Crippen molar-refractivity contribution in [3.05, 3.63) is 216 Å². The van der Waals surface area contributed by atoms with E-state index in [1.807, 2.05) is 45.0 Å². The van der Waals surface area contributed by atoms with Crippen LogP contribution in [0.3, 0.4) is 0 Å². The highest BCUT2D eigenvalue weighted by molar-refractivity contribution is 14.1. The van der Waals surface area contributed by atoms with Gasteiger partial charge >= 0.3 is 0 Å². The van der Waals surface area contributed by atoms with Crippen LogP contribution in [0.15, 0.2) is 194 Å². The van der Waals surface area contributed by atoms with Crippen molar-refractivity contribution in [2.75, 3.05) is 0 Å². The van der Waals surface area contributed by atoms with Crippen molar-refractivity contribution in [2.24, 2.45) is 0 Å². The molecular formula is C89H43IN2O4. The van der Waals surface area contributed by atoms with Gasteiger partial charge in [-0.15, -0.1) is 0 Å². The molecule has 25 rings (SSSR count). The average Bonchev–Trinajstić information content (AvgIpc) is 1.69. The van der Waals surface area contributed by atoms with Crippen molar-refractivity contribution in [2.45, 2.75) is 30.9 Å². The summed E-state index contributed by atoms with van der Waals surface area (Å²) in [5.41, 5.74) is 2.36. The van der Waals surface area contributed by atoms with E-state index in [1.54, 1.807) is 0 Å². The molecule has 1 atom stereocenters. The Morgan fingerprint density at radius 2 is 0.302 bits per heavy atom. The summed E-state index contributed by atoms with van der Waals surface area (Å²) >= 11 is 2.16. The molecule has 23 aromatic carbocycles. The van der Waals surface area contributed by atoms with Gasteiger partial charge in [0.25, 0.3) is 23.6 Å². The molecule has 6 nitrogen and oxygen atoms in total. The van der Waals surface area contributed by atoms with E-state index in [0.717, 1.165) is 64.6 Å². The summed E-state index contributed by atoms with van der Waals surface area (Å²) in [4.78, 5) is 58.8. The third kappa shape index (κ3) is 5.22. The number of fused-ring (bicyclic) bond motifs is 14. The highest BCUT2D eigenvalue weighted by atomic mass is 127. The molecule has 0 saturated heterocycles. The Kier molecular flexibility index (Phi) is 8.38. The minimum atomic E-state index is -0.279. The van der Waals surface area contributed by atoms with Crippen molar-refractivity contribution in [1.82, 2.24) is 9.80 Å². The van der Waals surface area contributed by atoms with Crippen molar-refractivity contribution in [3.63, 3.8) is 0 Å². The van der Waals surface area contributed by atoms with E-state index in [9.17, 15) is 19.2 Å². The predicted molar refractivity (Wildman–Crippen MR) is 409 cm³/mol. The van der Waals surface area contributed by atoms with Crippen molar-refractivity contribution in [3.8, 4) is 0 Å². The summed E-state index contributed by atoms with van der Waals surface area (Å²) in [7, 11) is 0. The number of imide groups is 2. The number of benzene rings is 23. The average molecular weight is 1330 g/mol.